The number of H-pyrrole nitrogens is 1. The Morgan fingerprint density at radius 3 is 3.00 bits per heavy atom. The fourth-order valence-electron chi connectivity index (χ4n) is 2.45. The van der Waals surface area contributed by atoms with Gasteiger partial charge in [-0.1, -0.05) is 15.9 Å². The van der Waals surface area contributed by atoms with Crippen molar-refractivity contribution in [2.45, 2.75) is 26.3 Å². The zero-order valence-electron chi connectivity index (χ0n) is 11.0. The number of aromatic nitrogens is 2. The Morgan fingerprint density at radius 2 is 2.26 bits per heavy atom. The summed E-state index contributed by atoms with van der Waals surface area (Å²) < 4.78 is 6.78. The highest BCUT2D eigenvalue weighted by Crippen LogP contribution is 2.36. The number of nitrogens with one attached hydrogen (secondary N) is 2. The number of fused-ring (bicyclic) bond motifs is 1. The number of nitrogens with zero attached hydrogens (tertiary/aromatic N) is 1. The van der Waals surface area contributed by atoms with Crippen LogP contribution in [-0.2, 0) is 0 Å². The Morgan fingerprint density at radius 1 is 1.42 bits per heavy atom. The second-order valence-electron chi connectivity index (χ2n) is 4.83. The highest BCUT2D eigenvalue weighted by atomic mass is 79.9. The van der Waals surface area contributed by atoms with E-state index in [9.17, 15) is 0 Å². The number of hydrogen-bond acceptors (Lipinski definition) is 3. The molecule has 0 fully saturated rings. The molecule has 2 N–H and O–H groups in total. The van der Waals surface area contributed by atoms with Crippen LogP contribution < -0.4 is 10.1 Å². The quantitative estimate of drug-likeness (QED) is 0.886. The fraction of sp³-hybridized carbons (Fsp3) is 0.357. The van der Waals surface area contributed by atoms with E-state index in [0.29, 0.717) is 0 Å². The second-order valence-corrected chi connectivity index (χ2v) is 5.74. The molecule has 1 aliphatic heterocycles. The largest absolute Gasteiger partial charge is 0.493 e. The molecule has 0 spiro atoms. The van der Waals surface area contributed by atoms with E-state index in [0.717, 1.165) is 40.3 Å². The number of rotatable bonds is 2. The summed E-state index contributed by atoms with van der Waals surface area (Å²) in [5, 5.41) is 10.8. The minimum absolute atomic E-state index is 0.260. The van der Waals surface area contributed by atoms with E-state index in [2.05, 4.69) is 37.5 Å². The highest BCUT2D eigenvalue weighted by Gasteiger charge is 2.23. The third-order valence-corrected chi connectivity index (χ3v) is 3.95. The molecule has 19 heavy (non-hydrogen) atoms. The molecule has 0 saturated heterocycles. The van der Waals surface area contributed by atoms with Gasteiger partial charge in [0.1, 0.15) is 5.75 Å². The van der Waals surface area contributed by atoms with Crippen molar-refractivity contribution in [3.8, 4) is 5.75 Å². The maximum atomic E-state index is 5.70. The molecule has 3 rings (SSSR count). The van der Waals surface area contributed by atoms with Gasteiger partial charge in [-0.25, -0.2) is 0 Å². The van der Waals surface area contributed by atoms with Gasteiger partial charge in [0.05, 0.1) is 29.7 Å². The molecular formula is C14H16BrN3O. The number of hydrogen-bond donors (Lipinski definition) is 2. The average Bonchev–Trinajstić information content (AvgIpc) is 2.71. The van der Waals surface area contributed by atoms with Crippen LogP contribution in [0.3, 0.4) is 0 Å². The van der Waals surface area contributed by atoms with Gasteiger partial charge in [-0.15, -0.1) is 0 Å². The van der Waals surface area contributed by atoms with Gasteiger partial charge in [0.2, 0.25) is 0 Å². The van der Waals surface area contributed by atoms with Crippen molar-refractivity contribution in [3.05, 3.63) is 39.6 Å². The number of aromatic amines is 1. The van der Waals surface area contributed by atoms with E-state index < -0.39 is 0 Å². The van der Waals surface area contributed by atoms with Crippen LogP contribution in [0.5, 0.6) is 5.75 Å². The monoisotopic (exact) mass is 321 g/mol. The molecule has 2 heterocycles. The molecule has 1 atom stereocenters. The van der Waals surface area contributed by atoms with Crippen molar-refractivity contribution in [2.24, 2.45) is 0 Å². The van der Waals surface area contributed by atoms with Crippen molar-refractivity contribution in [1.29, 1.82) is 0 Å². The molecule has 4 nitrogen and oxygen atoms in total. The molecule has 0 amide bonds. The van der Waals surface area contributed by atoms with E-state index in [1.54, 1.807) is 0 Å². The van der Waals surface area contributed by atoms with Crippen LogP contribution >= 0.6 is 15.9 Å². The maximum Gasteiger partial charge on any atom is 0.124 e. The molecule has 0 saturated carbocycles. The third kappa shape index (κ3) is 2.34. The minimum atomic E-state index is 0.260. The normalized spacial score (nSPS) is 17.7. The lowest BCUT2D eigenvalue weighted by Gasteiger charge is -2.27. The predicted molar refractivity (Wildman–Crippen MR) is 78.7 cm³/mol. The zero-order chi connectivity index (χ0) is 13.4. The van der Waals surface area contributed by atoms with Gasteiger partial charge in [0.25, 0.3) is 0 Å². The highest BCUT2D eigenvalue weighted by molar-refractivity contribution is 9.10. The number of anilines is 1. The van der Waals surface area contributed by atoms with Gasteiger partial charge in [0, 0.05) is 16.5 Å². The van der Waals surface area contributed by atoms with E-state index in [1.165, 1.54) is 5.56 Å². The Balaban J connectivity index is 1.94. The van der Waals surface area contributed by atoms with Crippen molar-refractivity contribution < 1.29 is 4.74 Å². The lowest BCUT2D eigenvalue weighted by Crippen LogP contribution is -2.20. The van der Waals surface area contributed by atoms with Crippen LogP contribution in [0.15, 0.2) is 22.7 Å². The molecular weight excluding hydrogens is 306 g/mol. The second kappa shape index (κ2) is 4.89. The van der Waals surface area contributed by atoms with Gasteiger partial charge in [0.15, 0.2) is 0 Å². The third-order valence-electron chi connectivity index (χ3n) is 3.46. The van der Waals surface area contributed by atoms with Crippen LogP contribution in [0.25, 0.3) is 0 Å². The summed E-state index contributed by atoms with van der Waals surface area (Å²) in [5.41, 5.74) is 4.36. The summed E-state index contributed by atoms with van der Waals surface area (Å²) >= 11 is 3.52. The van der Waals surface area contributed by atoms with Crippen molar-refractivity contribution in [1.82, 2.24) is 10.2 Å². The van der Waals surface area contributed by atoms with Crippen molar-refractivity contribution in [2.75, 3.05) is 11.9 Å². The summed E-state index contributed by atoms with van der Waals surface area (Å²) in [6, 6.07) is 6.41. The summed E-state index contributed by atoms with van der Waals surface area (Å²) in [5.74, 6) is 0.964. The molecule has 2 aromatic rings. The first-order valence-corrected chi connectivity index (χ1v) is 7.15. The number of benzene rings is 1. The summed E-state index contributed by atoms with van der Waals surface area (Å²) in [6.45, 7) is 4.78. The lowest BCUT2D eigenvalue weighted by molar-refractivity contribution is 0.274. The van der Waals surface area contributed by atoms with Gasteiger partial charge < -0.3 is 10.1 Å². The molecule has 0 radical (unpaired) electrons. The first-order valence-electron chi connectivity index (χ1n) is 6.35. The Hall–Kier alpha value is -1.49. The average molecular weight is 322 g/mol. The predicted octanol–water partition coefficient (Wildman–Crippen LogP) is 3.72. The molecule has 1 aliphatic rings. The molecule has 1 unspecified atom stereocenters. The number of aryl methyl sites for hydroxylation is 2. The topological polar surface area (TPSA) is 49.9 Å². The van der Waals surface area contributed by atoms with Gasteiger partial charge >= 0.3 is 0 Å². The van der Waals surface area contributed by atoms with Crippen LogP contribution in [-0.4, -0.2) is 16.8 Å². The Labute approximate surface area is 120 Å². The lowest BCUT2D eigenvalue weighted by atomic mass is 10.00. The Bertz CT molecular complexity index is 589. The zero-order valence-corrected chi connectivity index (χ0v) is 12.5. The SMILES string of the molecule is Cc1n[nH]c(C)c1NC1CCOc2ccc(Br)cc21. The standard InChI is InChI=1S/C14H16BrN3O/c1-8-14(9(2)18-17-8)16-12-5-6-19-13-4-3-10(15)7-11(12)13/h3-4,7,12,16H,5-6H2,1-2H3,(H,17,18). The van der Waals surface area contributed by atoms with E-state index in [1.807, 2.05) is 26.0 Å². The summed E-state index contributed by atoms with van der Waals surface area (Å²) in [7, 11) is 0. The molecule has 100 valence electrons. The first kappa shape index (κ1) is 12.5. The minimum Gasteiger partial charge on any atom is -0.493 e. The maximum absolute atomic E-state index is 5.70. The van der Waals surface area contributed by atoms with Crippen LogP contribution in [0.2, 0.25) is 0 Å². The molecule has 5 heteroatoms. The smallest absolute Gasteiger partial charge is 0.124 e. The van der Waals surface area contributed by atoms with E-state index in [4.69, 9.17) is 4.74 Å². The van der Waals surface area contributed by atoms with Gasteiger partial charge in [-0.3, -0.25) is 5.10 Å². The van der Waals surface area contributed by atoms with Gasteiger partial charge in [-0.2, -0.15) is 5.10 Å². The molecule has 0 bridgehead atoms. The first-order chi connectivity index (χ1) is 9.15. The summed E-state index contributed by atoms with van der Waals surface area (Å²) in [6.07, 6.45) is 0.952. The van der Waals surface area contributed by atoms with Gasteiger partial charge in [-0.05, 0) is 32.0 Å². The van der Waals surface area contributed by atoms with Crippen LogP contribution in [0, 0.1) is 13.8 Å². The molecule has 1 aromatic carbocycles. The van der Waals surface area contributed by atoms with E-state index >= 15 is 0 Å². The fourth-order valence-corrected chi connectivity index (χ4v) is 2.83. The number of ether oxygens (including phenoxy) is 1. The van der Waals surface area contributed by atoms with Crippen molar-refractivity contribution >= 4 is 21.6 Å². The Kier molecular flexibility index (Phi) is 3.22. The number of halogens is 1. The van der Waals surface area contributed by atoms with E-state index in [-0.39, 0.29) is 6.04 Å². The van der Waals surface area contributed by atoms with Crippen molar-refractivity contribution in [3.63, 3.8) is 0 Å². The summed E-state index contributed by atoms with van der Waals surface area (Å²) in [4.78, 5) is 0. The molecule has 0 aliphatic carbocycles. The van der Waals surface area contributed by atoms with Crippen LogP contribution in [0.1, 0.15) is 29.4 Å². The van der Waals surface area contributed by atoms with Crippen LogP contribution in [0.4, 0.5) is 5.69 Å². The molecule has 1 aromatic heterocycles.